The summed E-state index contributed by atoms with van der Waals surface area (Å²) in [5, 5.41) is 28.4. The number of nitrogens with two attached hydrogens (primary N) is 1. The van der Waals surface area contributed by atoms with Gasteiger partial charge in [-0.15, -0.1) is 0 Å². The Bertz CT molecular complexity index is 545. The minimum absolute atomic E-state index is 0.0283. The van der Waals surface area contributed by atoms with Crippen molar-refractivity contribution in [3.05, 3.63) is 38.4 Å². The second-order valence-corrected chi connectivity index (χ2v) is 3.22. The SMILES string of the molecule is CC(=O)C(=O)O.NNc1ccc([N+](=O)[O-])cc1[N+](=O)[O-]. The van der Waals surface area contributed by atoms with E-state index in [1.807, 2.05) is 0 Å². The van der Waals surface area contributed by atoms with E-state index in [0.717, 1.165) is 19.1 Å². The molecule has 0 fully saturated rings. The highest BCUT2D eigenvalue weighted by Gasteiger charge is 2.18. The highest BCUT2D eigenvalue weighted by atomic mass is 16.6. The smallest absolute Gasteiger partial charge is 0.371 e. The molecule has 0 atom stereocenters. The number of hydrogen-bond donors (Lipinski definition) is 3. The molecule has 108 valence electrons. The Morgan fingerprint density at radius 1 is 1.25 bits per heavy atom. The van der Waals surface area contributed by atoms with Crippen molar-refractivity contribution in [2.75, 3.05) is 5.43 Å². The van der Waals surface area contributed by atoms with E-state index in [1.165, 1.54) is 6.07 Å². The number of hydrazine groups is 1. The van der Waals surface area contributed by atoms with Gasteiger partial charge in [-0.05, 0) is 6.07 Å². The Hall–Kier alpha value is -3.08. The molecule has 1 rings (SSSR count). The molecular formula is C9H10N4O7. The van der Waals surface area contributed by atoms with Crippen molar-refractivity contribution in [3.63, 3.8) is 0 Å². The number of rotatable bonds is 4. The van der Waals surface area contributed by atoms with Crippen molar-refractivity contribution in [3.8, 4) is 0 Å². The molecule has 0 saturated carbocycles. The van der Waals surface area contributed by atoms with Gasteiger partial charge in [0.1, 0.15) is 5.69 Å². The summed E-state index contributed by atoms with van der Waals surface area (Å²) in [4.78, 5) is 38.2. The number of aliphatic carboxylic acids is 1. The van der Waals surface area contributed by atoms with E-state index in [9.17, 15) is 29.8 Å². The summed E-state index contributed by atoms with van der Waals surface area (Å²) in [5.41, 5.74) is 1.33. The Kier molecular flexibility index (Phi) is 6.24. The molecule has 11 nitrogen and oxygen atoms in total. The normalized spacial score (nSPS) is 8.90. The van der Waals surface area contributed by atoms with Crippen LogP contribution in [0.25, 0.3) is 0 Å². The maximum absolute atomic E-state index is 10.4. The molecule has 0 aliphatic carbocycles. The average molecular weight is 286 g/mol. The van der Waals surface area contributed by atoms with Crippen molar-refractivity contribution in [1.29, 1.82) is 0 Å². The second-order valence-electron chi connectivity index (χ2n) is 3.22. The van der Waals surface area contributed by atoms with Crippen LogP contribution in [0.15, 0.2) is 18.2 Å². The Morgan fingerprint density at radius 2 is 1.75 bits per heavy atom. The number of nitrogen functional groups attached to an aromatic ring is 1. The molecule has 0 unspecified atom stereocenters. The molecule has 0 bridgehead atoms. The van der Waals surface area contributed by atoms with Crippen LogP contribution in [0.3, 0.4) is 0 Å². The fraction of sp³-hybridized carbons (Fsp3) is 0.111. The van der Waals surface area contributed by atoms with Gasteiger partial charge in [-0.25, -0.2) is 4.79 Å². The van der Waals surface area contributed by atoms with Crippen LogP contribution >= 0.6 is 0 Å². The average Bonchev–Trinajstić information content (AvgIpc) is 2.38. The van der Waals surface area contributed by atoms with Gasteiger partial charge >= 0.3 is 11.7 Å². The summed E-state index contributed by atoms with van der Waals surface area (Å²) in [7, 11) is 0. The highest BCUT2D eigenvalue weighted by Crippen LogP contribution is 2.27. The number of nitro benzene ring substituents is 2. The zero-order valence-corrected chi connectivity index (χ0v) is 10.1. The summed E-state index contributed by atoms with van der Waals surface area (Å²) in [6.07, 6.45) is 0. The number of hydrogen-bond acceptors (Lipinski definition) is 8. The summed E-state index contributed by atoms with van der Waals surface area (Å²) in [6.45, 7) is 1.00. The summed E-state index contributed by atoms with van der Waals surface area (Å²) in [5.74, 6) is 2.79. The standard InChI is InChI=1S/C6H6N4O4.C3H4O3/c7-8-5-2-1-4(9(11)12)3-6(5)10(13)14;1-2(4)3(5)6/h1-3,8H,7H2;1H3,(H,5,6). The molecule has 0 amide bonds. The number of ketones is 1. The topological polar surface area (TPSA) is 179 Å². The number of carbonyl (C=O) groups is 2. The van der Waals surface area contributed by atoms with Crippen molar-refractivity contribution in [1.82, 2.24) is 0 Å². The molecule has 20 heavy (non-hydrogen) atoms. The van der Waals surface area contributed by atoms with Crippen molar-refractivity contribution in [2.45, 2.75) is 6.92 Å². The largest absolute Gasteiger partial charge is 0.476 e. The molecule has 11 heteroatoms. The highest BCUT2D eigenvalue weighted by molar-refractivity contribution is 6.31. The molecular weight excluding hydrogens is 276 g/mol. The number of carbonyl (C=O) groups excluding carboxylic acids is 1. The van der Waals surface area contributed by atoms with Crippen LogP contribution < -0.4 is 11.3 Å². The van der Waals surface area contributed by atoms with Gasteiger partial charge < -0.3 is 10.5 Å². The molecule has 0 radical (unpaired) electrons. The van der Waals surface area contributed by atoms with Crippen LogP contribution in [-0.2, 0) is 9.59 Å². The first kappa shape index (κ1) is 16.9. The van der Waals surface area contributed by atoms with Gasteiger partial charge in [-0.2, -0.15) is 0 Å². The van der Waals surface area contributed by atoms with Gasteiger partial charge in [0.05, 0.1) is 15.9 Å². The van der Waals surface area contributed by atoms with Crippen molar-refractivity contribution in [2.24, 2.45) is 5.84 Å². The van der Waals surface area contributed by atoms with Crippen molar-refractivity contribution < 1.29 is 24.5 Å². The number of nitrogens with one attached hydrogen (secondary N) is 1. The predicted octanol–water partition coefficient (Wildman–Crippen LogP) is 0.449. The molecule has 0 spiro atoms. The number of nitro groups is 2. The van der Waals surface area contributed by atoms with Crippen LogP contribution in [-0.4, -0.2) is 26.7 Å². The predicted molar refractivity (Wildman–Crippen MR) is 65.9 cm³/mol. The van der Waals surface area contributed by atoms with Gasteiger partial charge in [0.15, 0.2) is 0 Å². The third kappa shape index (κ3) is 5.05. The monoisotopic (exact) mass is 286 g/mol. The third-order valence-electron chi connectivity index (χ3n) is 1.85. The molecule has 4 N–H and O–H groups in total. The maximum atomic E-state index is 10.4. The fourth-order valence-corrected chi connectivity index (χ4v) is 0.907. The van der Waals surface area contributed by atoms with E-state index >= 15 is 0 Å². The lowest BCUT2D eigenvalue weighted by Gasteiger charge is -2.00. The van der Waals surface area contributed by atoms with Gasteiger partial charge in [0, 0.05) is 13.0 Å². The number of carboxylic acid groups (broad SMARTS) is 1. The summed E-state index contributed by atoms with van der Waals surface area (Å²) >= 11 is 0. The van der Waals surface area contributed by atoms with Gasteiger partial charge in [0.2, 0.25) is 5.78 Å². The van der Waals surface area contributed by atoms with E-state index in [1.54, 1.807) is 0 Å². The molecule has 1 aromatic carbocycles. The molecule has 0 heterocycles. The van der Waals surface area contributed by atoms with Crippen molar-refractivity contribution >= 4 is 28.8 Å². The Balaban J connectivity index is 0.000000511. The number of nitrogens with zero attached hydrogens (tertiary/aromatic N) is 2. The third-order valence-corrected chi connectivity index (χ3v) is 1.85. The zero-order valence-electron chi connectivity index (χ0n) is 10.1. The van der Waals surface area contributed by atoms with E-state index < -0.39 is 27.3 Å². The molecule has 0 aliphatic rings. The molecule has 0 saturated heterocycles. The first-order valence-electron chi connectivity index (χ1n) is 4.84. The van der Waals surface area contributed by atoms with E-state index in [-0.39, 0.29) is 11.4 Å². The number of anilines is 1. The lowest BCUT2D eigenvalue weighted by atomic mass is 10.2. The molecule has 0 aromatic heterocycles. The molecule has 0 aliphatic heterocycles. The number of carboxylic acids is 1. The minimum atomic E-state index is -1.38. The first-order chi connectivity index (χ1) is 9.20. The first-order valence-corrected chi connectivity index (χ1v) is 4.84. The van der Waals surface area contributed by atoms with Crippen LogP contribution in [0.2, 0.25) is 0 Å². The number of benzene rings is 1. The number of Topliss-reactive ketones (excluding diaryl/α,β-unsaturated/α-hetero) is 1. The number of non-ortho nitro benzene ring substituents is 1. The van der Waals surface area contributed by atoms with E-state index in [4.69, 9.17) is 10.9 Å². The fourth-order valence-electron chi connectivity index (χ4n) is 0.907. The quantitative estimate of drug-likeness (QED) is 0.306. The van der Waals surface area contributed by atoms with Gasteiger partial charge in [0.25, 0.3) is 5.69 Å². The van der Waals surface area contributed by atoms with Crippen LogP contribution in [0, 0.1) is 20.2 Å². The van der Waals surface area contributed by atoms with E-state index in [0.29, 0.717) is 0 Å². The van der Waals surface area contributed by atoms with E-state index in [2.05, 4.69) is 5.43 Å². The Morgan fingerprint density at radius 3 is 2.05 bits per heavy atom. The Labute approximate surface area is 111 Å². The minimum Gasteiger partial charge on any atom is -0.476 e. The lowest BCUT2D eigenvalue weighted by molar-refractivity contribution is -0.393. The van der Waals surface area contributed by atoms with Crippen LogP contribution in [0.4, 0.5) is 17.1 Å². The lowest BCUT2D eigenvalue weighted by Crippen LogP contribution is -2.09. The summed E-state index contributed by atoms with van der Waals surface area (Å²) in [6, 6.07) is 3.15. The van der Waals surface area contributed by atoms with Crippen LogP contribution in [0.5, 0.6) is 0 Å². The maximum Gasteiger partial charge on any atom is 0.371 e. The second kappa shape index (κ2) is 7.38. The van der Waals surface area contributed by atoms with Crippen LogP contribution in [0.1, 0.15) is 6.92 Å². The van der Waals surface area contributed by atoms with Gasteiger partial charge in [-0.3, -0.25) is 30.9 Å². The summed E-state index contributed by atoms with van der Waals surface area (Å²) < 4.78 is 0. The zero-order chi connectivity index (χ0) is 15.9. The molecule has 1 aromatic rings. The van der Waals surface area contributed by atoms with Gasteiger partial charge in [-0.1, -0.05) is 0 Å².